The molecule has 1 fully saturated rings. The largest absolute Gasteiger partial charge is 0.322 e. The molecule has 4 nitrogen and oxygen atoms in total. The molecule has 0 amide bonds. The standard InChI is InChI=1S/C13H24N4S/c1-9-5-17(7-12(9)16(3)4)6-11-8-18-13(15-11)10(2)14/h8-10,12H,5-7,14H2,1-4H3. The summed E-state index contributed by atoms with van der Waals surface area (Å²) < 4.78 is 0. The minimum absolute atomic E-state index is 0.0516. The molecule has 0 aromatic carbocycles. The van der Waals surface area contributed by atoms with Crippen LogP contribution in [-0.2, 0) is 6.54 Å². The predicted molar refractivity (Wildman–Crippen MR) is 76.6 cm³/mol. The molecule has 2 heterocycles. The maximum absolute atomic E-state index is 5.85. The van der Waals surface area contributed by atoms with E-state index >= 15 is 0 Å². The highest BCUT2D eigenvalue weighted by atomic mass is 32.1. The molecule has 5 heteroatoms. The summed E-state index contributed by atoms with van der Waals surface area (Å²) in [6, 6.07) is 0.715. The molecule has 0 spiro atoms. The van der Waals surface area contributed by atoms with Crippen LogP contribution in [0.5, 0.6) is 0 Å². The van der Waals surface area contributed by atoms with Gasteiger partial charge in [0.1, 0.15) is 5.01 Å². The van der Waals surface area contributed by atoms with Crippen LogP contribution >= 0.6 is 11.3 Å². The van der Waals surface area contributed by atoms with Crippen molar-refractivity contribution in [2.24, 2.45) is 11.7 Å². The Kier molecular flexibility index (Phi) is 4.37. The Balaban J connectivity index is 1.94. The fourth-order valence-corrected chi connectivity index (χ4v) is 3.45. The summed E-state index contributed by atoms with van der Waals surface area (Å²) in [5.41, 5.74) is 7.01. The Morgan fingerprint density at radius 1 is 1.56 bits per heavy atom. The van der Waals surface area contributed by atoms with Crippen LogP contribution in [0.4, 0.5) is 0 Å². The highest BCUT2D eigenvalue weighted by Crippen LogP contribution is 2.23. The van der Waals surface area contributed by atoms with Crippen LogP contribution in [0.2, 0.25) is 0 Å². The molecule has 0 aliphatic carbocycles. The normalized spacial score (nSPS) is 27.0. The smallest absolute Gasteiger partial charge is 0.109 e. The van der Waals surface area contributed by atoms with E-state index in [1.807, 2.05) is 6.92 Å². The molecule has 1 aliphatic rings. The molecule has 0 saturated carbocycles. The summed E-state index contributed by atoms with van der Waals surface area (Å²) in [6.07, 6.45) is 0. The second-order valence-corrected chi connectivity index (χ2v) is 6.56. The Bertz CT molecular complexity index is 388. The van der Waals surface area contributed by atoms with Gasteiger partial charge >= 0.3 is 0 Å². The zero-order valence-electron chi connectivity index (χ0n) is 11.8. The molecule has 2 rings (SSSR count). The Labute approximate surface area is 114 Å². The Hall–Kier alpha value is -0.490. The fourth-order valence-electron chi connectivity index (χ4n) is 2.68. The van der Waals surface area contributed by atoms with Gasteiger partial charge in [0.25, 0.3) is 0 Å². The first-order chi connectivity index (χ1) is 8.47. The molecule has 1 aliphatic heterocycles. The number of nitrogens with two attached hydrogens (primary N) is 1. The van der Waals surface area contributed by atoms with Gasteiger partial charge in [0.05, 0.1) is 11.7 Å². The first-order valence-corrected chi connectivity index (χ1v) is 7.44. The van der Waals surface area contributed by atoms with Crippen molar-refractivity contribution >= 4 is 11.3 Å². The van der Waals surface area contributed by atoms with E-state index < -0.39 is 0 Å². The number of likely N-dealkylation sites (N-methyl/N-ethyl adjacent to an activating group) is 1. The van der Waals surface area contributed by atoms with Gasteiger partial charge < -0.3 is 10.6 Å². The molecule has 0 radical (unpaired) electrons. The number of hydrogen-bond donors (Lipinski definition) is 1. The number of rotatable bonds is 4. The molecule has 1 aromatic rings. The van der Waals surface area contributed by atoms with Crippen molar-refractivity contribution in [1.29, 1.82) is 0 Å². The molecule has 3 atom stereocenters. The summed E-state index contributed by atoms with van der Waals surface area (Å²) in [5, 5.41) is 3.19. The second-order valence-electron chi connectivity index (χ2n) is 5.67. The zero-order valence-corrected chi connectivity index (χ0v) is 12.6. The number of likely N-dealkylation sites (tertiary alicyclic amines) is 1. The van der Waals surface area contributed by atoms with Gasteiger partial charge in [0, 0.05) is 31.1 Å². The maximum atomic E-state index is 5.85. The average molecular weight is 268 g/mol. The van der Waals surface area contributed by atoms with Crippen LogP contribution < -0.4 is 5.73 Å². The van der Waals surface area contributed by atoms with E-state index in [4.69, 9.17) is 5.73 Å². The van der Waals surface area contributed by atoms with Gasteiger partial charge in [-0.1, -0.05) is 6.92 Å². The van der Waals surface area contributed by atoms with Gasteiger partial charge in [-0.05, 0) is 26.9 Å². The van der Waals surface area contributed by atoms with Crippen LogP contribution in [0.1, 0.15) is 30.6 Å². The topological polar surface area (TPSA) is 45.4 Å². The van der Waals surface area contributed by atoms with Gasteiger partial charge in [0.2, 0.25) is 0 Å². The molecule has 0 bridgehead atoms. The van der Waals surface area contributed by atoms with E-state index in [-0.39, 0.29) is 6.04 Å². The minimum atomic E-state index is 0.0516. The molecule has 1 aromatic heterocycles. The summed E-state index contributed by atoms with van der Waals surface area (Å²) >= 11 is 1.68. The van der Waals surface area contributed by atoms with Gasteiger partial charge in [-0.25, -0.2) is 4.98 Å². The van der Waals surface area contributed by atoms with Crippen LogP contribution in [0, 0.1) is 5.92 Å². The quantitative estimate of drug-likeness (QED) is 0.900. The lowest BCUT2D eigenvalue weighted by Gasteiger charge is -2.22. The lowest BCUT2D eigenvalue weighted by atomic mass is 10.1. The van der Waals surface area contributed by atoms with Gasteiger partial charge in [-0.15, -0.1) is 11.3 Å². The predicted octanol–water partition coefficient (Wildman–Crippen LogP) is 1.54. The molecular weight excluding hydrogens is 244 g/mol. The number of nitrogens with zero attached hydrogens (tertiary/aromatic N) is 3. The van der Waals surface area contributed by atoms with E-state index in [9.17, 15) is 0 Å². The summed E-state index contributed by atoms with van der Waals surface area (Å²) in [4.78, 5) is 9.43. The van der Waals surface area contributed by atoms with Crippen molar-refractivity contribution in [2.75, 3.05) is 27.2 Å². The van der Waals surface area contributed by atoms with Crippen LogP contribution in [0.15, 0.2) is 5.38 Å². The first-order valence-electron chi connectivity index (χ1n) is 6.56. The third kappa shape index (κ3) is 3.09. The van der Waals surface area contributed by atoms with E-state index in [0.717, 1.165) is 30.6 Å². The van der Waals surface area contributed by atoms with Crippen molar-refractivity contribution in [1.82, 2.24) is 14.8 Å². The summed E-state index contributed by atoms with van der Waals surface area (Å²) in [6.45, 7) is 7.58. The molecule has 2 N–H and O–H groups in total. The lowest BCUT2D eigenvalue weighted by Crippen LogP contribution is -2.34. The minimum Gasteiger partial charge on any atom is -0.322 e. The maximum Gasteiger partial charge on any atom is 0.109 e. The van der Waals surface area contributed by atoms with Crippen molar-refractivity contribution < 1.29 is 0 Å². The molecule has 3 unspecified atom stereocenters. The third-order valence-electron chi connectivity index (χ3n) is 3.66. The SMILES string of the molecule is CC(N)c1nc(CN2CC(C)C(N(C)C)C2)cs1. The van der Waals surface area contributed by atoms with E-state index in [1.54, 1.807) is 11.3 Å². The second kappa shape index (κ2) is 5.65. The molecule has 102 valence electrons. The lowest BCUT2D eigenvalue weighted by molar-refractivity contribution is 0.249. The van der Waals surface area contributed by atoms with Crippen LogP contribution in [-0.4, -0.2) is 48.0 Å². The molecular formula is C13H24N4S. The number of thiazole rings is 1. The average Bonchev–Trinajstić information content (AvgIpc) is 2.86. The van der Waals surface area contributed by atoms with Gasteiger partial charge in [-0.2, -0.15) is 0 Å². The third-order valence-corrected chi connectivity index (χ3v) is 4.75. The highest BCUT2D eigenvalue weighted by molar-refractivity contribution is 7.09. The monoisotopic (exact) mass is 268 g/mol. The highest BCUT2D eigenvalue weighted by Gasteiger charge is 2.31. The van der Waals surface area contributed by atoms with E-state index in [0.29, 0.717) is 6.04 Å². The Morgan fingerprint density at radius 2 is 2.28 bits per heavy atom. The first kappa shape index (κ1) is 13.9. The van der Waals surface area contributed by atoms with E-state index in [1.165, 1.54) is 5.69 Å². The number of aromatic nitrogens is 1. The van der Waals surface area contributed by atoms with Crippen molar-refractivity contribution in [2.45, 2.75) is 32.5 Å². The molecule has 1 saturated heterocycles. The van der Waals surface area contributed by atoms with Gasteiger partial charge in [0.15, 0.2) is 0 Å². The zero-order chi connectivity index (χ0) is 13.3. The van der Waals surface area contributed by atoms with Gasteiger partial charge in [-0.3, -0.25) is 4.90 Å². The molecule has 18 heavy (non-hydrogen) atoms. The number of hydrogen-bond acceptors (Lipinski definition) is 5. The summed E-state index contributed by atoms with van der Waals surface area (Å²) in [5.74, 6) is 0.728. The van der Waals surface area contributed by atoms with Crippen LogP contribution in [0.3, 0.4) is 0 Å². The summed E-state index contributed by atoms with van der Waals surface area (Å²) in [7, 11) is 4.34. The van der Waals surface area contributed by atoms with Crippen molar-refractivity contribution in [3.05, 3.63) is 16.1 Å². The van der Waals surface area contributed by atoms with E-state index in [2.05, 4.69) is 41.2 Å². The van der Waals surface area contributed by atoms with Crippen molar-refractivity contribution in [3.8, 4) is 0 Å². The van der Waals surface area contributed by atoms with Crippen molar-refractivity contribution in [3.63, 3.8) is 0 Å². The fraction of sp³-hybridized carbons (Fsp3) is 0.769. The van der Waals surface area contributed by atoms with Crippen LogP contribution in [0.25, 0.3) is 0 Å². The Morgan fingerprint density at radius 3 is 2.78 bits per heavy atom.